The molecule has 1 aliphatic heterocycles. The number of nitrogens with zero attached hydrogens (tertiary/aromatic N) is 1. The van der Waals surface area contributed by atoms with Crippen LogP contribution in [0.2, 0.25) is 0 Å². The molecule has 1 N–H and O–H groups in total. The molecule has 2 unspecified atom stereocenters. The van der Waals surface area contributed by atoms with E-state index in [0.29, 0.717) is 32.7 Å². The molecule has 4 aromatic carbocycles. The number of carbonyl (C=O) groups is 1. The van der Waals surface area contributed by atoms with Crippen LogP contribution >= 0.6 is 0 Å². The van der Waals surface area contributed by atoms with Gasteiger partial charge in [0.25, 0.3) is 0 Å². The highest BCUT2D eigenvalue weighted by Crippen LogP contribution is 2.32. The molecule has 1 amide bonds. The Morgan fingerprint density at radius 1 is 0.919 bits per heavy atom. The molecule has 188 valence electrons. The molecule has 5 heteroatoms. The van der Waals surface area contributed by atoms with Crippen molar-refractivity contribution in [1.29, 1.82) is 0 Å². The minimum Gasteiger partial charge on any atom is -0.490 e. The van der Waals surface area contributed by atoms with Gasteiger partial charge < -0.3 is 19.5 Å². The first-order valence-corrected chi connectivity index (χ1v) is 12.7. The zero-order chi connectivity index (χ0) is 25.5. The van der Waals surface area contributed by atoms with E-state index in [1.54, 1.807) is 0 Å². The number of hydrogen-bond acceptors (Lipinski definition) is 3. The van der Waals surface area contributed by atoms with Crippen molar-refractivity contribution in [2.75, 3.05) is 19.7 Å². The quantitative estimate of drug-likeness (QED) is 0.288. The second-order valence-corrected chi connectivity index (χ2v) is 9.35. The van der Waals surface area contributed by atoms with Gasteiger partial charge in [-0.3, -0.25) is 0 Å². The molecule has 5 rings (SSSR count). The van der Waals surface area contributed by atoms with Crippen molar-refractivity contribution in [3.8, 4) is 5.75 Å². The molecule has 1 heterocycles. The maximum absolute atomic E-state index is 11.7. The first-order chi connectivity index (χ1) is 18.2. The number of hydrogen-bond donors (Lipinski definition) is 1. The Kier molecular flexibility index (Phi) is 7.82. The van der Waals surface area contributed by atoms with Crippen molar-refractivity contribution in [2.45, 2.75) is 25.0 Å². The van der Waals surface area contributed by atoms with Crippen molar-refractivity contribution in [2.24, 2.45) is 0 Å². The molecule has 0 radical (unpaired) electrons. The number of likely N-dealkylation sites (tertiary alicyclic amines) is 1. The zero-order valence-electron chi connectivity index (χ0n) is 20.7. The summed E-state index contributed by atoms with van der Waals surface area (Å²) in [5, 5.41) is 11.9. The average Bonchev–Trinajstić information content (AvgIpc) is 2.95. The van der Waals surface area contributed by atoms with E-state index >= 15 is 0 Å². The third kappa shape index (κ3) is 6.38. The Labute approximate surface area is 217 Å². The molecule has 5 nitrogen and oxygen atoms in total. The molecule has 0 saturated carbocycles. The zero-order valence-corrected chi connectivity index (χ0v) is 20.7. The van der Waals surface area contributed by atoms with Crippen LogP contribution in [-0.2, 0) is 11.3 Å². The minimum atomic E-state index is -0.898. The normalized spacial score (nSPS) is 17.8. The molecule has 4 aromatic rings. The van der Waals surface area contributed by atoms with E-state index in [4.69, 9.17) is 9.47 Å². The highest BCUT2D eigenvalue weighted by molar-refractivity contribution is 5.82. The summed E-state index contributed by atoms with van der Waals surface area (Å²) in [6.45, 7) is 1.78. The summed E-state index contributed by atoms with van der Waals surface area (Å²) < 4.78 is 12.3. The fourth-order valence-electron chi connectivity index (χ4n) is 4.88. The number of fused-ring (bicyclic) bond motifs is 1. The smallest absolute Gasteiger partial charge is 0.407 e. The van der Waals surface area contributed by atoms with Crippen LogP contribution in [0.15, 0.2) is 103 Å². The van der Waals surface area contributed by atoms with E-state index in [2.05, 4.69) is 54.6 Å². The van der Waals surface area contributed by atoms with Crippen molar-refractivity contribution < 1.29 is 19.4 Å². The van der Waals surface area contributed by atoms with Gasteiger partial charge in [0.15, 0.2) is 0 Å². The molecule has 0 bridgehead atoms. The lowest BCUT2D eigenvalue weighted by molar-refractivity contribution is -0.0199. The lowest BCUT2D eigenvalue weighted by Crippen LogP contribution is -2.46. The first kappa shape index (κ1) is 24.6. The van der Waals surface area contributed by atoms with Crippen molar-refractivity contribution in [3.63, 3.8) is 0 Å². The summed E-state index contributed by atoms with van der Waals surface area (Å²) in [5.41, 5.74) is 3.36. The second-order valence-electron chi connectivity index (χ2n) is 9.35. The minimum absolute atomic E-state index is 0.114. The van der Waals surface area contributed by atoms with E-state index in [1.165, 1.54) is 15.7 Å². The fraction of sp³-hybridized carbons (Fsp3) is 0.219. The maximum atomic E-state index is 11.7. The number of piperidine rings is 1. The van der Waals surface area contributed by atoms with E-state index < -0.39 is 6.09 Å². The van der Waals surface area contributed by atoms with E-state index in [1.807, 2.05) is 54.6 Å². The van der Waals surface area contributed by atoms with Gasteiger partial charge in [-0.25, -0.2) is 4.79 Å². The lowest BCUT2D eigenvalue weighted by Gasteiger charge is -2.37. The Balaban J connectivity index is 1.23. The lowest BCUT2D eigenvalue weighted by atomic mass is 9.87. The fourth-order valence-corrected chi connectivity index (χ4v) is 4.88. The highest BCUT2D eigenvalue weighted by Gasteiger charge is 2.33. The summed E-state index contributed by atoms with van der Waals surface area (Å²) in [6.07, 6.45) is 3.64. The number of ether oxygens (including phenoxy) is 2. The van der Waals surface area contributed by atoms with Crippen molar-refractivity contribution >= 4 is 22.9 Å². The number of amides is 1. The molecule has 0 spiro atoms. The summed E-state index contributed by atoms with van der Waals surface area (Å²) in [4.78, 5) is 13.1. The Bertz CT molecular complexity index is 1350. The summed E-state index contributed by atoms with van der Waals surface area (Å²) in [7, 11) is 0. The second kappa shape index (κ2) is 11.8. The van der Waals surface area contributed by atoms with E-state index in [9.17, 15) is 9.90 Å². The Morgan fingerprint density at radius 2 is 1.68 bits per heavy atom. The van der Waals surface area contributed by atoms with Gasteiger partial charge in [0, 0.05) is 12.5 Å². The Morgan fingerprint density at radius 3 is 2.46 bits per heavy atom. The van der Waals surface area contributed by atoms with Crippen LogP contribution in [0.5, 0.6) is 5.75 Å². The number of rotatable bonds is 8. The topological polar surface area (TPSA) is 59.0 Å². The molecule has 0 aliphatic carbocycles. The van der Waals surface area contributed by atoms with Crippen LogP contribution in [0.25, 0.3) is 16.8 Å². The number of carboxylic acid groups (broad SMARTS) is 1. The molecule has 37 heavy (non-hydrogen) atoms. The van der Waals surface area contributed by atoms with Gasteiger partial charge in [0.2, 0.25) is 0 Å². The highest BCUT2D eigenvalue weighted by atomic mass is 16.5. The average molecular weight is 494 g/mol. The summed E-state index contributed by atoms with van der Waals surface area (Å²) >= 11 is 0. The van der Waals surface area contributed by atoms with Gasteiger partial charge in [0.05, 0.1) is 19.3 Å². The monoisotopic (exact) mass is 493 g/mol. The van der Waals surface area contributed by atoms with Gasteiger partial charge in [0.1, 0.15) is 12.4 Å². The van der Waals surface area contributed by atoms with Crippen LogP contribution in [-0.4, -0.2) is 41.9 Å². The van der Waals surface area contributed by atoms with Gasteiger partial charge in [-0.1, -0.05) is 84.9 Å². The van der Waals surface area contributed by atoms with Crippen LogP contribution in [0, 0.1) is 0 Å². The molecule has 1 fully saturated rings. The molecule has 1 aliphatic rings. The molecule has 1 saturated heterocycles. The SMILES string of the molecule is O=C(O)N1CCC(c2ccc(OCC=Cc3ccccc3)cc2)C(OCc2ccc3ccccc3c2)C1. The van der Waals surface area contributed by atoms with Gasteiger partial charge >= 0.3 is 6.09 Å². The van der Waals surface area contributed by atoms with Gasteiger partial charge in [-0.05, 0) is 58.2 Å². The van der Waals surface area contributed by atoms with Crippen LogP contribution < -0.4 is 4.74 Å². The summed E-state index contributed by atoms with van der Waals surface area (Å²) in [6, 6.07) is 32.8. The maximum Gasteiger partial charge on any atom is 0.407 e. The largest absolute Gasteiger partial charge is 0.490 e. The molecule has 0 aromatic heterocycles. The molecular formula is C32H31NO4. The van der Waals surface area contributed by atoms with Gasteiger partial charge in [-0.15, -0.1) is 0 Å². The third-order valence-electron chi connectivity index (χ3n) is 6.87. The first-order valence-electron chi connectivity index (χ1n) is 12.7. The predicted molar refractivity (Wildman–Crippen MR) is 147 cm³/mol. The van der Waals surface area contributed by atoms with E-state index in [0.717, 1.165) is 22.4 Å². The molecule has 2 atom stereocenters. The van der Waals surface area contributed by atoms with Crippen molar-refractivity contribution in [1.82, 2.24) is 4.90 Å². The van der Waals surface area contributed by atoms with Crippen molar-refractivity contribution in [3.05, 3.63) is 120 Å². The standard InChI is InChI=1S/C32H31NO4/c34-32(35)33-19-18-30(31(22-33)37-23-25-12-13-26-10-4-5-11-28(26)21-25)27-14-16-29(17-15-27)36-20-6-9-24-7-2-1-3-8-24/h1-17,21,30-31H,18-20,22-23H2,(H,34,35). The Hall–Kier alpha value is -4.09. The van der Waals surface area contributed by atoms with Crippen LogP contribution in [0.1, 0.15) is 29.0 Å². The summed E-state index contributed by atoms with van der Waals surface area (Å²) in [5.74, 6) is 0.918. The number of benzene rings is 4. The molecular weight excluding hydrogens is 462 g/mol. The van der Waals surface area contributed by atoms with Crippen LogP contribution in [0.3, 0.4) is 0 Å². The predicted octanol–water partition coefficient (Wildman–Crippen LogP) is 6.98. The van der Waals surface area contributed by atoms with Crippen LogP contribution in [0.4, 0.5) is 4.79 Å². The third-order valence-corrected chi connectivity index (χ3v) is 6.87. The van der Waals surface area contributed by atoms with Gasteiger partial charge in [-0.2, -0.15) is 0 Å². The van der Waals surface area contributed by atoms with E-state index in [-0.39, 0.29) is 12.0 Å².